The summed E-state index contributed by atoms with van der Waals surface area (Å²) in [5.41, 5.74) is 5.15. The van der Waals surface area contributed by atoms with Crippen molar-refractivity contribution < 1.29 is 19.2 Å². The number of likely N-dealkylation sites (tertiary alicyclic amines) is 1. The third-order valence-corrected chi connectivity index (χ3v) is 5.47. The number of nitro groups is 1. The van der Waals surface area contributed by atoms with Gasteiger partial charge in [-0.1, -0.05) is 24.4 Å². The Hall–Kier alpha value is -2.19. The number of hydrogen-bond donors (Lipinski definition) is 1. The first-order chi connectivity index (χ1) is 13.8. The molecule has 0 spiro atoms. The first-order valence-corrected chi connectivity index (χ1v) is 10.3. The molecule has 0 saturated carbocycles. The molecule has 9 heteroatoms. The van der Waals surface area contributed by atoms with Gasteiger partial charge < -0.3 is 10.5 Å². The van der Waals surface area contributed by atoms with E-state index in [1.54, 1.807) is 0 Å². The van der Waals surface area contributed by atoms with Gasteiger partial charge in [0.15, 0.2) is 5.78 Å². The van der Waals surface area contributed by atoms with Crippen molar-refractivity contribution in [2.45, 2.75) is 57.9 Å². The van der Waals surface area contributed by atoms with Gasteiger partial charge in [0.05, 0.1) is 28.2 Å². The summed E-state index contributed by atoms with van der Waals surface area (Å²) < 4.78 is 5.56. The standard InChI is InChI=1S/C20H28ClN3O5/c1-14(25)15-9-10-16(21)19(18(15)24(27)28)29-13-7-2-4-8-17(20(22)26)23-11-5-3-6-12-23/h9-10,17H,2-8,11-13H2,1H3,(H2,22,26). The van der Waals surface area contributed by atoms with Crippen LogP contribution in [0.1, 0.15) is 62.2 Å². The molecule has 1 heterocycles. The SMILES string of the molecule is CC(=O)c1ccc(Cl)c(OCCCCCC(C(N)=O)N2CCCCC2)c1[N+](=O)[O-]. The van der Waals surface area contributed by atoms with Crippen LogP contribution in [-0.4, -0.2) is 47.3 Å². The molecule has 1 saturated heterocycles. The minimum absolute atomic E-state index is 0.0276. The fourth-order valence-corrected chi connectivity index (χ4v) is 3.88. The number of hydrogen-bond acceptors (Lipinski definition) is 6. The number of carbonyl (C=O) groups is 2. The van der Waals surface area contributed by atoms with Crippen LogP contribution in [0.4, 0.5) is 5.69 Å². The number of nitro benzene ring substituents is 1. The van der Waals surface area contributed by atoms with E-state index in [0.717, 1.165) is 38.8 Å². The summed E-state index contributed by atoms with van der Waals surface area (Å²) in [6.07, 6.45) is 6.30. The van der Waals surface area contributed by atoms with Gasteiger partial charge in [0.2, 0.25) is 11.7 Å². The molecule has 29 heavy (non-hydrogen) atoms. The van der Waals surface area contributed by atoms with E-state index >= 15 is 0 Å². The molecule has 8 nitrogen and oxygen atoms in total. The number of amides is 1. The van der Waals surface area contributed by atoms with Crippen LogP contribution in [-0.2, 0) is 4.79 Å². The molecule has 1 unspecified atom stereocenters. The highest BCUT2D eigenvalue weighted by atomic mass is 35.5. The highest BCUT2D eigenvalue weighted by Gasteiger charge is 2.27. The van der Waals surface area contributed by atoms with Gasteiger partial charge in [-0.15, -0.1) is 0 Å². The summed E-state index contributed by atoms with van der Waals surface area (Å²) >= 11 is 6.05. The zero-order valence-electron chi connectivity index (χ0n) is 16.7. The quantitative estimate of drug-likeness (QED) is 0.250. The smallest absolute Gasteiger partial charge is 0.323 e. The van der Waals surface area contributed by atoms with Crippen molar-refractivity contribution in [3.05, 3.63) is 32.8 Å². The molecule has 1 atom stereocenters. The molecule has 1 aromatic rings. The number of ketones is 1. The number of unbranched alkanes of at least 4 members (excludes halogenated alkanes) is 2. The average molecular weight is 426 g/mol. The molecule has 1 fully saturated rings. The monoisotopic (exact) mass is 425 g/mol. The maximum Gasteiger partial charge on any atom is 0.323 e. The number of nitrogens with two attached hydrogens (primary N) is 1. The van der Waals surface area contributed by atoms with Crippen LogP contribution in [0.5, 0.6) is 5.75 Å². The van der Waals surface area contributed by atoms with Gasteiger partial charge in [-0.2, -0.15) is 0 Å². The van der Waals surface area contributed by atoms with Gasteiger partial charge >= 0.3 is 5.69 Å². The minimum Gasteiger partial charge on any atom is -0.486 e. The fraction of sp³-hybridized carbons (Fsp3) is 0.600. The number of rotatable bonds is 11. The number of benzene rings is 1. The second kappa shape index (κ2) is 11.1. The molecular weight excluding hydrogens is 398 g/mol. The number of Topliss-reactive ketones (excluding diaryl/α,β-unsaturated/α-hetero) is 1. The zero-order chi connectivity index (χ0) is 21.4. The third-order valence-electron chi connectivity index (χ3n) is 5.17. The Labute approximate surface area is 175 Å². The van der Waals surface area contributed by atoms with E-state index in [9.17, 15) is 19.7 Å². The maximum atomic E-state index is 11.8. The van der Waals surface area contributed by atoms with E-state index in [0.29, 0.717) is 12.8 Å². The minimum atomic E-state index is -0.645. The molecule has 1 aromatic carbocycles. The Morgan fingerprint density at radius 2 is 1.93 bits per heavy atom. The Balaban J connectivity index is 1.86. The van der Waals surface area contributed by atoms with Gasteiger partial charge in [-0.25, -0.2) is 0 Å². The molecule has 0 radical (unpaired) electrons. The van der Waals surface area contributed by atoms with Crippen LogP contribution in [0.25, 0.3) is 0 Å². The van der Waals surface area contributed by atoms with E-state index in [1.165, 1.54) is 25.5 Å². The normalized spacial score (nSPS) is 15.7. The number of nitrogens with zero attached hydrogens (tertiary/aromatic N) is 2. The second-order valence-electron chi connectivity index (χ2n) is 7.30. The van der Waals surface area contributed by atoms with E-state index in [1.807, 2.05) is 0 Å². The maximum absolute atomic E-state index is 11.8. The lowest BCUT2D eigenvalue weighted by atomic mass is 10.0. The summed E-state index contributed by atoms with van der Waals surface area (Å²) in [6.45, 7) is 3.31. The van der Waals surface area contributed by atoms with Crippen LogP contribution in [0.15, 0.2) is 12.1 Å². The summed E-state index contributed by atoms with van der Waals surface area (Å²) in [7, 11) is 0. The van der Waals surface area contributed by atoms with Crippen molar-refractivity contribution in [3.63, 3.8) is 0 Å². The van der Waals surface area contributed by atoms with Gasteiger partial charge in [-0.3, -0.25) is 24.6 Å². The van der Waals surface area contributed by atoms with Crippen LogP contribution < -0.4 is 10.5 Å². The summed E-state index contributed by atoms with van der Waals surface area (Å²) in [5.74, 6) is -0.785. The van der Waals surface area contributed by atoms with Crippen LogP contribution in [0, 0.1) is 10.1 Å². The first kappa shape index (κ1) is 23.1. The lowest BCUT2D eigenvalue weighted by molar-refractivity contribution is -0.386. The predicted molar refractivity (Wildman–Crippen MR) is 110 cm³/mol. The summed E-state index contributed by atoms with van der Waals surface area (Å²) in [5, 5.41) is 11.5. The summed E-state index contributed by atoms with van der Waals surface area (Å²) in [4.78, 5) is 36.3. The van der Waals surface area contributed by atoms with Gasteiger partial charge in [0, 0.05) is 0 Å². The molecule has 2 N–H and O–H groups in total. The fourth-order valence-electron chi connectivity index (χ4n) is 3.67. The van der Waals surface area contributed by atoms with E-state index in [4.69, 9.17) is 22.1 Å². The Bertz CT molecular complexity index is 750. The lowest BCUT2D eigenvalue weighted by Gasteiger charge is -2.32. The highest BCUT2D eigenvalue weighted by Crippen LogP contribution is 2.38. The Morgan fingerprint density at radius 3 is 2.52 bits per heavy atom. The Morgan fingerprint density at radius 1 is 1.24 bits per heavy atom. The molecule has 2 rings (SSSR count). The van der Waals surface area contributed by atoms with Crippen molar-refractivity contribution in [2.75, 3.05) is 19.7 Å². The number of piperidine rings is 1. The van der Waals surface area contributed by atoms with E-state index in [2.05, 4.69) is 4.90 Å². The Kier molecular flexibility index (Phi) is 8.85. The highest BCUT2D eigenvalue weighted by molar-refractivity contribution is 6.32. The topological polar surface area (TPSA) is 116 Å². The molecule has 1 aliphatic rings. The molecule has 0 bridgehead atoms. The van der Waals surface area contributed by atoms with Gasteiger partial charge in [0.25, 0.3) is 0 Å². The van der Waals surface area contributed by atoms with Crippen LogP contribution >= 0.6 is 11.6 Å². The molecule has 1 amide bonds. The van der Waals surface area contributed by atoms with Crippen molar-refractivity contribution in [1.29, 1.82) is 0 Å². The lowest BCUT2D eigenvalue weighted by Crippen LogP contribution is -2.47. The van der Waals surface area contributed by atoms with Crippen molar-refractivity contribution in [3.8, 4) is 5.75 Å². The third kappa shape index (κ3) is 6.40. The van der Waals surface area contributed by atoms with Crippen LogP contribution in [0.3, 0.4) is 0 Å². The van der Waals surface area contributed by atoms with Gasteiger partial charge in [-0.05, 0) is 64.3 Å². The zero-order valence-corrected chi connectivity index (χ0v) is 17.5. The number of ether oxygens (including phenoxy) is 1. The second-order valence-corrected chi connectivity index (χ2v) is 7.71. The largest absolute Gasteiger partial charge is 0.486 e. The van der Waals surface area contributed by atoms with Crippen molar-refractivity contribution in [2.24, 2.45) is 5.73 Å². The van der Waals surface area contributed by atoms with Crippen molar-refractivity contribution >= 4 is 29.0 Å². The summed E-state index contributed by atoms with van der Waals surface area (Å²) in [6, 6.07) is 2.52. The molecular formula is C20H28ClN3O5. The van der Waals surface area contributed by atoms with Gasteiger partial charge in [0.1, 0.15) is 0 Å². The van der Waals surface area contributed by atoms with Crippen LogP contribution in [0.2, 0.25) is 5.02 Å². The van der Waals surface area contributed by atoms with E-state index < -0.39 is 16.4 Å². The molecule has 1 aliphatic heterocycles. The molecule has 160 valence electrons. The van der Waals surface area contributed by atoms with E-state index in [-0.39, 0.29) is 34.9 Å². The number of carbonyl (C=O) groups excluding carboxylic acids is 2. The predicted octanol–water partition coefficient (Wildman–Crippen LogP) is 3.73. The molecule has 0 aliphatic carbocycles. The first-order valence-electron chi connectivity index (χ1n) is 9.97. The average Bonchev–Trinajstić information content (AvgIpc) is 2.68. The number of primary amides is 1. The molecule has 0 aromatic heterocycles. The number of halogens is 1. The van der Waals surface area contributed by atoms with Crippen molar-refractivity contribution in [1.82, 2.24) is 4.90 Å².